The number of rotatable bonds is 0. The van der Waals surface area contributed by atoms with Gasteiger partial charge in [0.05, 0.1) is 0 Å². The van der Waals surface area contributed by atoms with E-state index in [9.17, 15) is 0 Å². The summed E-state index contributed by atoms with van der Waals surface area (Å²) in [6, 6.07) is 2.84. The molecule has 0 saturated heterocycles. The quantitative estimate of drug-likeness (QED) is 0.543. The van der Waals surface area contributed by atoms with E-state index in [2.05, 4.69) is 13.8 Å². The third kappa shape index (κ3) is 3.23. The summed E-state index contributed by atoms with van der Waals surface area (Å²) in [5.41, 5.74) is 0.537. The lowest BCUT2D eigenvalue weighted by atomic mass is 10.2. The Kier molecular flexibility index (Phi) is 4.74. The lowest BCUT2D eigenvalue weighted by Gasteiger charge is -2.01. The van der Waals surface area contributed by atoms with Crippen molar-refractivity contribution in [2.45, 2.75) is 27.2 Å². The number of phenolic OH excluding ortho intramolecular Hbond substituents is 3. The van der Waals surface area contributed by atoms with E-state index in [0.717, 1.165) is 0 Å². The van der Waals surface area contributed by atoms with Crippen LogP contribution in [0.5, 0.6) is 17.2 Å². The Morgan fingerprint density at radius 1 is 1.00 bits per heavy atom. The summed E-state index contributed by atoms with van der Waals surface area (Å²) >= 11 is 0. The zero-order chi connectivity index (χ0) is 10.4. The van der Waals surface area contributed by atoms with Crippen molar-refractivity contribution < 1.29 is 15.3 Å². The maximum absolute atomic E-state index is 8.98. The normalized spacial score (nSPS) is 8.85. The minimum Gasteiger partial charge on any atom is -0.504 e. The molecule has 0 heterocycles. The van der Waals surface area contributed by atoms with Crippen molar-refractivity contribution in [3.05, 3.63) is 17.7 Å². The second kappa shape index (κ2) is 5.30. The second-order valence-corrected chi connectivity index (χ2v) is 2.81. The topological polar surface area (TPSA) is 60.7 Å². The minimum atomic E-state index is -0.458. The highest BCUT2D eigenvalue weighted by atomic mass is 16.3. The molecule has 0 atom stereocenters. The van der Waals surface area contributed by atoms with Crippen LogP contribution in [0.25, 0.3) is 0 Å². The number of benzene rings is 1. The van der Waals surface area contributed by atoms with E-state index < -0.39 is 5.75 Å². The van der Waals surface area contributed by atoms with Crippen LogP contribution in [0.15, 0.2) is 12.1 Å². The smallest absolute Gasteiger partial charge is 0.200 e. The van der Waals surface area contributed by atoms with E-state index in [0.29, 0.717) is 5.56 Å². The van der Waals surface area contributed by atoms with Gasteiger partial charge in [0.25, 0.3) is 0 Å². The summed E-state index contributed by atoms with van der Waals surface area (Å²) in [5.74, 6) is -1.02. The highest BCUT2D eigenvalue weighted by Gasteiger charge is 2.06. The molecule has 0 fully saturated rings. The SMILES string of the molecule is CCC.Cc1ccc(O)c(O)c1O. The van der Waals surface area contributed by atoms with E-state index in [-0.39, 0.29) is 11.5 Å². The van der Waals surface area contributed by atoms with Gasteiger partial charge in [-0.25, -0.2) is 0 Å². The van der Waals surface area contributed by atoms with Crippen LogP contribution in [0, 0.1) is 6.92 Å². The Morgan fingerprint density at radius 2 is 1.46 bits per heavy atom. The number of aryl methyl sites for hydroxylation is 1. The predicted molar refractivity (Wildman–Crippen MR) is 52.1 cm³/mol. The third-order valence-corrected chi connectivity index (χ3v) is 1.33. The first-order valence-electron chi connectivity index (χ1n) is 4.25. The van der Waals surface area contributed by atoms with Crippen molar-refractivity contribution in [3.63, 3.8) is 0 Å². The summed E-state index contributed by atoms with van der Waals surface area (Å²) < 4.78 is 0. The van der Waals surface area contributed by atoms with Crippen LogP contribution in [0.1, 0.15) is 25.8 Å². The molecule has 1 aromatic rings. The van der Waals surface area contributed by atoms with Gasteiger partial charge in [0.2, 0.25) is 5.75 Å². The Labute approximate surface area is 78.3 Å². The molecule has 3 nitrogen and oxygen atoms in total. The van der Waals surface area contributed by atoms with Crippen molar-refractivity contribution >= 4 is 0 Å². The van der Waals surface area contributed by atoms with Gasteiger partial charge < -0.3 is 15.3 Å². The van der Waals surface area contributed by atoms with Gasteiger partial charge in [-0.05, 0) is 18.6 Å². The fourth-order valence-corrected chi connectivity index (χ4v) is 0.670. The van der Waals surface area contributed by atoms with Gasteiger partial charge in [-0.1, -0.05) is 26.3 Å². The number of hydrogen-bond acceptors (Lipinski definition) is 3. The first kappa shape index (κ1) is 11.6. The van der Waals surface area contributed by atoms with Gasteiger partial charge in [0, 0.05) is 0 Å². The molecule has 0 aliphatic heterocycles. The highest BCUT2D eigenvalue weighted by molar-refractivity contribution is 5.52. The van der Waals surface area contributed by atoms with E-state index >= 15 is 0 Å². The zero-order valence-corrected chi connectivity index (χ0v) is 8.20. The maximum Gasteiger partial charge on any atom is 0.200 e. The van der Waals surface area contributed by atoms with Crippen molar-refractivity contribution in [2.24, 2.45) is 0 Å². The fraction of sp³-hybridized carbons (Fsp3) is 0.400. The molecule has 0 unspecified atom stereocenters. The number of hydrogen-bond donors (Lipinski definition) is 3. The van der Waals surface area contributed by atoms with Crippen molar-refractivity contribution in [1.82, 2.24) is 0 Å². The van der Waals surface area contributed by atoms with Gasteiger partial charge in [-0.15, -0.1) is 0 Å². The standard InChI is InChI=1S/C7H8O3.C3H8/c1-4-2-3-5(8)7(10)6(4)9;1-3-2/h2-3,8-10H,1H3;3H2,1-2H3. The van der Waals surface area contributed by atoms with Gasteiger partial charge in [0.1, 0.15) is 0 Å². The second-order valence-electron chi connectivity index (χ2n) is 2.81. The monoisotopic (exact) mass is 184 g/mol. The maximum atomic E-state index is 8.98. The molecule has 3 heteroatoms. The van der Waals surface area contributed by atoms with Crippen LogP contribution in [0.2, 0.25) is 0 Å². The molecule has 0 bridgehead atoms. The minimum absolute atomic E-state index is 0.264. The first-order chi connectivity index (χ1) is 6.04. The van der Waals surface area contributed by atoms with Crippen molar-refractivity contribution in [3.8, 4) is 17.2 Å². The predicted octanol–water partition coefficient (Wildman–Crippen LogP) is 2.53. The number of phenols is 3. The summed E-state index contributed by atoms with van der Waals surface area (Å²) in [4.78, 5) is 0. The van der Waals surface area contributed by atoms with E-state index in [4.69, 9.17) is 15.3 Å². The Bertz CT molecular complexity index is 242. The van der Waals surface area contributed by atoms with Gasteiger partial charge in [-0.3, -0.25) is 0 Å². The van der Waals surface area contributed by atoms with Crippen LogP contribution in [0.3, 0.4) is 0 Å². The molecule has 0 spiro atoms. The summed E-state index contributed by atoms with van der Waals surface area (Å²) in [6.45, 7) is 5.88. The van der Waals surface area contributed by atoms with E-state index in [1.165, 1.54) is 18.6 Å². The summed E-state index contributed by atoms with van der Waals surface area (Å²) in [7, 11) is 0. The zero-order valence-electron chi connectivity index (χ0n) is 8.20. The molecule has 0 aromatic heterocycles. The van der Waals surface area contributed by atoms with Crippen LogP contribution >= 0.6 is 0 Å². The van der Waals surface area contributed by atoms with Crippen LogP contribution < -0.4 is 0 Å². The molecular weight excluding hydrogens is 168 g/mol. The molecule has 0 aliphatic carbocycles. The first-order valence-corrected chi connectivity index (χ1v) is 4.25. The summed E-state index contributed by atoms with van der Waals surface area (Å²) in [6.07, 6.45) is 1.25. The fourth-order valence-electron chi connectivity index (χ4n) is 0.670. The molecular formula is C10H16O3. The van der Waals surface area contributed by atoms with Gasteiger partial charge in [0.15, 0.2) is 11.5 Å². The average molecular weight is 184 g/mol. The molecule has 0 radical (unpaired) electrons. The van der Waals surface area contributed by atoms with Gasteiger partial charge in [-0.2, -0.15) is 0 Å². The van der Waals surface area contributed by atoms with Gasteiger partial charge >= 0.3 is 0 Å². The Balaban J connectivity index is 0.000000424. The Hall–Kier alpha value is -1.38. The lowest BCUT2D eigenvalue weighted by Crippen LogP contribution is -1.75. The molecule has 1 aromatic carbocycles. The number of aromatic hydroxyl groups is 3. The van der Waals surface area contributed by atoms with Crippen molar-refractivity contribution in [1.29, 1.82) is 0 Å². The molecule has 74 valence electrons. The molecule has 13 heavy (non-hydrogen) atoms. The highest BCUT2D eigenvalue weighted by Crippen LogP contribution is 2.36. The molecule has 0 aliphatic rings. The molecule has 0 amide bonds. The van der Waals surface area contributed by atoms with E-state index in [1.54, 1.807) is 6.92 Å². The van der Waals surface area contributed by atoms with Crippen LogP contribution in [-0.2, 0) is 0 Å². The third-order valence-electron chi connectivity index (χ3n) is 1.33. The molecule has 1 rings (SSSR count). The summed E-state index contributed by atoms with van der Waals surface area (Å²) in [5, 5.41) is 26.7. The molecule has 0 saturated carbocycles. The Morgan fingerprint density at radius 3 is 1.85 bits per heavy atom. The average Bonchev–Trinajstić information content (AvgIpc) is 2.10. The van der Waals surface area contributed by atoms with Crippen LogP contribution in [0.4, 0.5) is 0 Å². The van der Waals surface area contributed by atoms with Crippen LogP contribution in [-0.4, -0.2) is 15.3 Å². The van der Waals surface area contributed by atoms with E-state index in [1.807, 2.05) is 0 Å². The largest absolute Gasteiger partial charge is 0.504 e. The molecule has 3 N–H and O–H groups in total. The van der Waals surface area contributed by atoms with Crippen molar-refractivity contribution in [2.75, 3.05) is 0 Å². The lowest BCUT2D eigenvalue weighted by molar-refractivity contribution is 0.366.